The fourth-order valence-corrected chi connectivity index (χ4v) is 2.87. The lowest BCUT2D eigenvalue weighted by molar-refractivity contribution is 0.0690. The van der Waals surface area contributed by atoms with Gasteiger partial charge in [-0.3, -0.25) is 4.79 Å². The third kappa shape index (κ3) is 3.59. The van der Waals surface area contributed by atoms with Crippen LogP contribution in [0.3, 0.4) is 0 Å². The summed E-state index contributed by atoms with van der Waals surface area (Å²) in [6.45, 7) is 1.35. The van der Waals surface area contributed by atoms with E-state index in [-0.39, 0.29) is 11.6 Å². The maximum atomic E-state index is 12.1. The number of benzene rings is 1. The molecule has 1 aromatic heterocycles. The smallest absolute Gasteiger partial charge is 0.355 e. The van der Waals surface area contributed by atoms with Crippen LogP contribution in [0, 0.1) is 0 Å². The molecule has 0 spiro atoms. The molecule has 1 aromatic carbocycles. The molecule has 1 amide bonds. The van der Waals surface area contributed by atoms with Gasteiger partial charge in [0, 0.05) is 23.9 Å². The van der Waals surface area contributed by atoms with Crippen molar-refractivity contribution in [3.05, 3.63) is 39.8 Å². The first-order valence-corrected chi connectivity index (χ1v) is 7.87. The minimum atomic E-state index is -1.05. The van der Waals surface area contributed by atoms with Crippen molar-refractivity contribution < 1.29 is 24.2 Å². The Bertz CT molecular complexity index is 743. The topological polar surface area (TPSA) is 97.8 Å². The van der Waals surface area contributed by atoms with E-state index >= 15 is 0 Å². The monoisotopic (exact) mass is 334 g/mol. The Balaban J connectivity index is 1.55. The van der Waals surface area contributed by atoms with E-state index in [1.165, 1.54) is 16.7 Å². The molecular formula is C15H14N2O5S. The Labute approximate surface area is 135 Å². The molecule has 8 heteroatoms. The van der Waals surface area contributed by atoms with Gasteiger partial charge in [0.15, 0.2) is 17.2 Å². The fraction of sp³-hybridized carbons (Fsp3) is 0.267. The molecule has 3 rings (SSSR count). The molecule has 1 aliphatic heterocycles. The zero-order chi connectivity index (χ0) is 16.2. The molecule has 0 fully saturated rings. The lowest BCUT2D eigenvalue weighted by atomic mass is 10.2. The minimum Gasteiger partial charge on any atom is -0.486 e. The highest BCUT2D eigenvalue weighted by atomic mass is 32.1. The van der Waals surface area contributed by atoms with Gasteiger partial charge in [0.2, 0.25) is 0 Å². The molecule has 0 aliphatic carbocycles. The second kappa shape index (κ2) is 6.66. The zero-order valence-corrected chi connectivity index (χ0v) is 12.9. The molecule has 0 bridgehead atoms. The van der Waals surface area contributed by atoms with Crippen LogP contribution in [0.4, 0.5) is 0 Å². The summed E-state index contributed by atoms with van der Waals surface area (Å²) < 4.78 is 10.9. The average Bonchev–Trinajstić information content (AvgIpc) is 3.03. The highest BCUT2D eigenvalue weighted by Crippen LogP contribution is 2.30. The summed E-state index contributed by atoms with van der Waals surface area (Å²) >= 11 is 1.26. The van der Waals surface area contributed by atoms with Gasteiger partial charge in [-0.2, -0.15) is 0 Å². The Kier molecular flexibility index (Phi) is 4.42. The summed E-state index contributed by atoms with van der Waals surface area (Å²) in [6.07, 6.45) is 0.480. The van der Waals surface area contributed by atoms with E-state index in [2.05, 4.69) is 10.3 Å². The number of hydrogen-bond donors (Lipinski definition) is 2. The number of carboxylic acids is 1. The number of ether oxygens (including phenoxy) is 2. The first-order valence-electron chi connectivity index (χ1n) is 6.99. The number of nitrogens with zero attached hydrogens (tertiary/aromatic N) is 1. The highest BCUT2D eigenvalue weighted by molar-refractivity contribution is 7.09. The third-order valence-electron chi connectivity index (χ3n) is 3.20. The Morgan fingerprint density at radius 2 is 2.04 bits per heavy atom. The van der Waals surface area contributed by atoms with E-state index in [0.29, 0.717) is 48.2 Å². The van der Waals surface area contributed by atoms with Crippen LogP contribution in [0.5, 0.6) is 11.5 Å². The molecule has 120 valence electrons. The zero-order valence-electron chi connectivity index (χ0n) is 12.1. The number of carbonyl (C=O) groups is 2. The number of nitrogens with one attached hydrogen (secondary N) is 1. The number of thiazole rings is 1. The molecule has 0 saturated heterocycles. The highest BCUT2D eigenvalue weighted by Gasteiger charge is 2.15. The molecular weight excluding hydrogens is 320 g/mol. The molecule has 2 N–H and O–H groups in total. The molecule has 2 heterocycles. The normalized spacial score (nSPS) is 12.7. The molecule has 0 radical (unpaired) electrons. The van der Waals surface area contributed by atoms with E-state index in [1.807, 2.05) is 0 Å². The van der Waals surface area contributed by atoms with Gasteiger partial charge in [-0.05, 0) is 18.2 Å². The number of carboxylic acid groups (broad SMARTS) is 1. The number of aromatic nitrogens is 1. The van der Waals surface area contributed by atoms with Crippen molar-refractivity contribution in [3.63, 3.8) is 0 Å². The van der Waals surface area contributed by atoms with Gasteiger partial charge in [-0.1, -0.05) is 0 Å². The van der Waals surface area contributed by atoms with Crippen LogP contribution < -0.4 is 14.8 Å². The van der Waals surface area contributed by atoms with Gasteiger partial charge in [0.1, 0.15) is 13.2 Å². The number of amides is 1. The summed E-state index contributed by atoms with van der Waals surface area (Å²) in [5, 5.41) is 13.7. The Hall–Kier alpha value is -2.61. The van der Waals surface area contributed by atoms with Crippen LogP contribution in [-0.4, -0.2) is 41.7 Å². The summed E-state index contributed by atoms with van der Waals surface area (Å²) in [4.78, 5) is 26.8. The number of fused-ring (bicyclic) bond motifs is 1. The van der Waals surface area contributed by atoms with Crippen molar-refractivity contribution in [2.45, 2.75) is 6.42 Å². The van der Waals surface area contributed by atoms with Crippen LogP contribution in [0.25, 0.3) is 0 Å². The third-order valence-corrected chi connectivity index (χ3v) is 4.11. The second-order valence-corrected chi connectivity index (χ2v) is 5.74. The van der Waals surface area contributed by atoms with Crippen LogP contribution in [0.2, 0.25) is 0 Å². The van der Waals surface area contributed by atoms with E-state index in [9.17, 15) is 9.59 Å². The standard InChI is InChI=1S/C15H14N2O5S/c18-14(9-1-2-11-12(7-9)22-6-5-21-11)16-4-3-13-17-10(8-23-13)15(19)20/h1-2,7-8H,3-6H2,(H,16,18)(H,19,20). The van der Waals surface area contributed by atoms with Crippen molar-refractivity contribution in [2.75, 3.05) is 19.8 Å². The van der Waals surface area contributed by atoms with Gasteiger partial charge >= 0.3 is 5.97 Å². The van der Waals surface area contributed by atoms with Crippen molar-refractivity contribution in [1.29, 1.82) is 0 Å². The Morgan fingerprint density at radius 1 is 1.26 bits per heavy atom. The summed E-state index contributed by atoms with van der Waals surface area (Å²) in [5.74, 6) is -0.0727. The molecule has 23 heavy (non-hydrogen) atoms. The van der Waals surface area contributed by atoms with Crippen molar-refractivity contribution >= 4 is 23.2 Å². The number of carbonyl (C=O) groups excluding carboxylic acids is 1. The van der Waals surface area contributed by atoms with Gasteiger partial charge in [0.25, 0.3) is 5.91 Å². The molecule has 0 saturated carbocycles. The maximum Gasteiger partial charge on any atom is 0.355 e. The molecule has 7 nitrogen and oxygen atoms in total. The predicted octanol–water partition coefficient (Wildman–Crippen LogP) is 1.59. The maximum absolute atomic E-state index is 12.1. The lowest BCUT2D eigenvalue weighted by Crippen LogP contribution is -2.26. The minimum absolute atomic E-state index is 0.0307. The first kappa shape index (κ1) is 15.3. The summed E-state index contributed by atoms with van der Waals surface area (Å²) in [6, 6.07) is 5.04. The summed E-state index contributed by atoms with van der Waals surface area (Å²) in [7, 11) is 0. The number of rotatable bonds is 5. The van der Waals surface area contributed by atoms with Crippen LogP contribution in [-0.2, 0) is 6.42 Å². The van der Waals surface area contributed by atoms with Gasteiger partial charge < -0.3 is 19.9 Å². The summed E-state index contributed by atoms with van der Waals surface area (Å²) in [5.41, 5.74) is 0.516. The average molecular weight is 334 g/mol. The quantitative estimate of drug-likeness (QED) is 0.862. The van der Waals surface area contributed by atoms with Gasteiger partial charge in [-0.25, -0.2) is 9.78 Å². The van der Waals surface area contributed by atoms with Gasteiger partial charge in [-0.15, -0.1) is 11.3 Å². The SMILES string of the molecule is O=C(NCCc1nc(C(=O)O)cs1)c1ccc2c(c1)OCCO2. The van der Waals surface area contributed by atoms with Crippen molar-refractivity contribution in [3.8, 4) is 11.5 Å². The van der Waals surface area contributed by atoms with E-state index in [4.69, 9.17) is 14.6 Å². The largest absolute Gasteiger partial charge is 0.486 e. The fourth-order valence-electron chi connectivity index (χ4n) is 2.09. The predicted molar refractivity (Wildman–Crippen MR) is 82.5 cm³/mol. The Morgan fingerprint density at radius 3 is 2.78 bits per heavy atom. The van der Waals surface area contributed by atoms with E-state index in [1.54, 1.807) is 18.2 Å². The molecule has 2 aromatic rings. The van der Waals surface area contributed by atoms with Crippen molar-refractivity contribution in [1.82, 2.24) is 10.3 Å². The van der Waals surface area contributed by atoms with Crippen LogP contribution in [0.1, 0.15) is 25.9 Å². The number of aromatic carboxylic acids is 1. The molecule has 0 atom stereocenters. The van der Waals surface area contributed by atoms with Crippen LogP contribution in [0.15, 0.2) is 23.6 Å². The van der Waals surface area contributed by atoms with E-state index < -0.39 is 5.97 Å². The van der Waals surface area contributed by atoms with Crippen molar-refractivity contribution in [2.24, 2.45) is 0 Å². The first-order chi connectivity index (χ1) is 11.1. The lowest BCUT2D eigenvalue weighted by Gasteiger charge is -2.18. The molecule has 0 unspecified atom stereocenters. The van der Waals surface area contributed by atoms with Crippen LogP contribution >= 0.6 is 11.3 Å². The second-order valence-electron chi connectivity index (χ2n) is 4.80. The van der Waals surface area contributed by atoms with Gasteiger partial charge in [0.05, 0.1) is 5.01 Å². The molecule has 1 aliphatic rings. The number of hydrogen-bond acceptors (Lipinski definition) is 6. The van der Waals surface area contributed by atoms with E-state index in [0.717, 1.165) is 0 Å².